The molecule has 0 radical (unpaired) electrons. The Bertz CT molecular complexity index is 518. The summed E-state index contributed by atoms with van der Waals surface area (Å²) in [6.07, 6.45) is 1.62. The molecule has 4 heteroatoms. The number of hydrogen-bond acceptors (Lipinski definition) is 3. The summed E-state index contributed by atoms with van der Waals surface area (Å²) in [6.45, 7) is 0.622. The molecule has 1 heterocycles. The summed E-state index contributed by atoms with van der Waals surface area (Å²) in [5.74, 6) is -0.922. The zero-order chi connectivity index (χ0) is 12.8. The average Bonchev–Trinajstić information content (AvgIpc) is 2.93. The van der Waals surface area contributed by atoms with Crippen LogP contribution in [0.25, 0.3) is 0 Å². The van der Waals surface area contributed by atoms with Crippen molar-refractivity contribution in [3.63, 3.8) is 0 Å². The third-order valence-electron chi connectivity index (χ3n) is 2.55. The second kappa shape index (κ2) is 5.93. The Kier molecular flexibility index (Phi) is 4.04. The SMILES string of the molecule is O=C(CNCc1ccccc1)C(=O)c1ccc[nH]1. The van der Waals surface area contributed by atoms with Crippen molar-refractivity contribution in [1.29, 1.82) is 0 Å². The van der Waals surface area contributed by atoms with Crippen LogP contribution >= 0.6 is 0 Å². The van der Waals surface area contributed by atoms with Gasteiger partial charge >= 0.3 is 0 Å². The molecule has 2 aromatic rings. The molecule has 92 valence electrons. The molecule has 0 saturated heterocycles. The molecule has 0 aliphatic heterocycles. The monoisotopic (exact) mass is 242 g/mol. The van der Waals surface area contributed by atoms with Gasteiger partial charge in [0.2, 0.25) is 11.6 Å². The Labute approximate surface area is 105 Å². The molecule has 0 amide bonds. The van der Waals surface area contributed by atoms with Crippen LogP contribution in [0, 0.1) is 0 Å². The number of hydrogen-bond donors (Lipinski definition) is 2. The first-order valence-corrected chi connectivity index (χ1v) is 5.73. The number of aromatic nitrogens is 1. The molecule has 1 aromatic heterocycles. The summed E-state index contributed by atoms with van der Waals surface area (Å²) in [4.78, 5) is 26.0. The molecule has 0 atom stereocenters. The number of Topliss-reactive ketones (excluding diaryl/α,β-unsaturated/α-hetero) is 2. The summed E-state index contributed by atoms with van der Waals surface area (Å²) in [7, 11) is 0. The van der Waals surface area contributed by atoms with Gasteiger partial charge in [-0.3, -0.25) is 9.59 Å². The van der Waals surface area contributed by atoms with E-state index in [2.05, 4.69) is 10.3 Å². The molecule has 0 aliphatic carbocycles. The average molecular weight is 242 g/mol. The minimum absolute atomic E-state index is 0.0484. The maximum atomic E-state index is 11.6. The van der Waals surface area contributed by atoms with Crippen molar-refractivity contribution >= 4 is 11.6 Å². The molecule has 18 heavy (non-hydrogen) atoms. The highest BCUT2D eigenvalue weighted by Crippen LogP contribution is 1.99. The Morgan fingerprint density at radius 3 is 2.50 bits per heavy atom. The van der Waals surface area contributed by atoms with Crippen LogP contribution in [0.4, 0.5) is 0 Å². The Balaban J connectivity index is 1.81. The molecule has 2 N–H and O–H groups in total. The van der Waals surface area contributed by atoms with E-state index < -0.39 is 11.6 Å². The van der Waals surface area contributed by atoms with Gasteiger partial charge in [-0.15, -0.1) is 0 Å². The predicted octanol–water partition coefficient (Wildman–Crippen LogP) is 1.56. The second-order valence-corrected chi connectivity index (χ2v) is 3.93. The number of aromatic amines is 1. The van der Waals surface area contributed by atoms with Gasteiger partial charge in [-0.1, -0.05) is 30.3 Å². The zero-order valence-electron chi connectivity index (χ0n) is 9.85. The van der Waals surface area contributed by atoms with Gasteiger partial charge in [-0.05, 0) is 17.7 Å². The van der Waals surface area contributed by atoms with Crippen molar-refractivity contribution in [3.05, 3.63) is 59.9 Å². The van der Waals surface area contributed by atoms with E-state index in [4.69, 9.17) is 0 Å². The van der Waals surface area contributed by atoms with Crippen LogP contribution in [0.15, 0.2) is 48.7 Å². The first-order chi connectivity index (χ1) is 8.77. The molecule has 0 aliphatic rings. The van der Waals surface area contributed by atoms with Gasteiger partial charge in [0.25, 0.3) is 0 Å². The van der Waals surface area contributed by atoms with Crippen LogP contribution in [-0.4, -0.2) is 23.1 Å². The molecule has 2 rings (SSSR count). The predicted molar refractivity (Wildman–Crippen MR) is 68.3 cm³/mol. The molecule has 4 nitrogen and oxygen atoms in total. The lowest BCUT2D eigenvalue weighted by Gasteiger charge is -2.03. The fourth-order valence-corrected chi connectivity index (χ4v) is 1.62. The van der Waals surface area contributed by atoms with Crippen LogP contribution in [0.1, 0.15) is 16.1 Å². The third-order valence-corrected chi connectivity index (χ3v) is 2.55. The topological polar surface area (TPSA) is 62.0 Å². The summed E-state index contributed by atoms with van der Waals surface area (Å²) in [5, 5.41) is 2.96. The van der Waals surface area contributed by atoms with Crippen LogP contribution < -0.4 is 5.32 Å². The first-order valence-electron chi connectivity index (χ1n) is 5.73. The van der Waals surface area contributed by atoms with Crippen molar-refractivity contribution in [2.45, 2.75) is 6.54 Å². The van der Waals surface area contributed by atoms with Gasteiger partial charge in [0, 0.05) is 12.7 Å². The van der Waals surface area contributed by atoms with E-state index in [0.29, 0.717) is 12.2 Å². The molecule has 0 spiro atoms. The van der Waals surface area contributed by atoms with Gasteiger partial charge in [0.05, 0.1) is 12.2 Å². The molecular weight excluding hydrogens is 228 g/mol. The van der Waals surface area contributed by atoms with Crippen molar-refractivity contribution < 1.29 is 9.59 Å². The third kappa shape index (κ3) is 3.15. The quantitative estimate of drug-likeness (QED) is 0.597. The number of H-pyrrole nitrogens is 1. The number of rotatable bonds is 6. The first kappa shape index (κ1) is 12.3. The fraction of sp³-hybridized carbons (Fsp3) is 0.143. The second-order valence-electron chi connectivity index (χ2n) is 3.93. The number of benzene rings is 1. The Morgan fingerprint density at radius 1 is 1.06 bits per heavy atom. The van der Waals surface area contributed by atoms with Gasteiger partial charge in [0.1, 0.15) is 0 Å². The molecule has 1 aromatic carbocycles. The van der Waals surface area contributed by atoms with Gasteiger partial charge in [-0.2, -0.15) is 0 Å². The van der Waals surface area contributed by atoms with Crippen molar-refractivity contribution in [3.8, 4) is 0 Å². The summed E-state index contributed by atoms with van der Waals surface area (Å²) >= 11 is 0. The summed E-state index contributed by atoms with van der Waals surface area (Å²) in [6, 6.07) is 13.0. The highest BCUT2D eigenvalue weighted by atomic mass is 16.2. The molecular formula is C14H14N2O2. The van der Waals surface area contributed by atoms with E-state index in [1.165, 1.54) is 0 Å². The minimum Gasteiger partial charge on any atom is -0.358 e. The van der Waals surface area contributed by atoms with Crippen LogP contribution in [0.5, 0.6) is 0 Å². The number of ketones is 2. The van der Waals surface area contributed by atoms with Crippen LogP contribution in [0.3, 0.4) is 0 Å². The highest BCUT2D eigenvalue weighted by Gasteiger charge is 2.15. The number of carbonyl (C=O) groups is 2. The van der Waals surface area contributed by atoms with Gasteiger partial charge in [0.15, 0.2) is 0 Å². The van der Waals surface area contributed by atoms with E-state index in [9.17, 15) is 9.59 Å². The van der Waals surface area contributed by atoms with E-state index in [1.54, 1.807) is 18.3 Å². The largest absolute Gasteiger partial charge is 0.358 e. The van der Waals surface area contributed by atoms with Crippen molar-refractivity contribution in [1.82, 2.24) is 10.3 Å². The lowest BCUT2D eigenvalue weighted by Crippen LogP contribution is -2.28. The highest BCUT2D eigenvalue weighted by molar-refractivity contribution is 6.43. The number of nitrogens with one attached hydrogen (secondary N) is 2. The van der Waals surface area contributed by atoms with E-state index in [-0.39, 0.29) is 6.54 Å². The summed E-state index contributed by atoms with van der Waals surface area (Å²) < 4.78 is 0. The molecule has 0 saturated carbocycles. The van der Waals surface area contributed by atoms with Crippen molar-refractivity contribution in [2.24, 2.45) is 0 Å². The van der Waals surface area contributed by atoms with E-state index in [0.717, 1.165) is 5.56 Å². The lowest BCUT2D eigenvalue weighted by atomic mass is 10.2. The smallest absolute Gasteiger partial charge is 0.246 e. The maximum absolute atomic E-state index is 11.6. The maximum Gasteiger partial charge on any atom is 0.246 e. The zero-order valence-corrected chi connectivity index (χ0v) is 9.85. The Hall–Kier alpha value is -2.20. The normalized spacial score (nSPS) is 10.2. The van der Waals surface area contributed by atoms with Crippen LogP contribution in [0.2, 0.25) is 0 Å². The fourth-order valence-electron chi connectivity index (χ4n) is 1.62. The molecule has 0 fully saturated rings. The van der Waals surface area contributed by atoms with Gasteiger partial charge < -0.3 is 10.3 Å². The molecule has 0 bridgehead atoms. The summed E-state index contributed by atoms with van der Waals surface area (Å²) in [5.41, 5.74) is 1.42. The standard InChI is InChI=1S/C14H14N2O2/c17-13(14(18)12-7-4-8-16-12)10-15-9-11-5-2-1-3-6-11/h1-8,15-16H,9-10H2. The van der Waals surface area contributed by atoms with Gasteiger partial charge in [-0.25, -0.2) is 0 Å². The Morgan fingerprint density at radius 2 is 1.83 bits per heavy atom. The lowest BCUT2D eigenvalue weighted by molar-refractivity contribution is -0.114. The number of carbonyl (C=O) groups excluding carboxylic acids is 2. The van der Waals surface area contributed by atoms with E-state index in [1.807, 2.05) is 30.3 Å². The minimum atomic E-state index is -0.486. The molecule has 0 unspecified atom stereocenters. The van der Waals surface area contributed by atoms with E-state index >= 15 is 0 Å². The van der Waals surface area contributed by atoms with Crippen LogP contribution in [-0.2, 0) is 11.3 Å². The van der Waals surface area contributed by atoms with Crippen molar-refractivity contribution in [2.75, 3.05) is 6.54 Å².